The van der Waals surface area contributed by atoms with Crippen molar-refractivity contribution in [2.24, 2.45) is 0 Å². The molecule has 1 saturated carbocycles. The van der Waals surface area contributed by atoms with Crippen molar-refractivity contribution in [3.8, 4) is 0 Å². The van der Waals surface area contributed by atoms with Gasteiger partial charge in [-0.05, 0) is 55.4 Å². The lowest BCUT2D eigenvalue weighted by Crippen LogP contribution is -2.47. The van der Waals surface area contributed by atoms with Crippen LogP contribution < -0.4 is 0 Å². The number of carbonyl (C=O) groups is 3. The predicted molar refractivity (Wildman–Crippen MR) is 129 cm³/mol. The molecule has 1 aliphatic carbocycles. The number of hydrogen-bond donors (Lipinski definition) is 0. The van der Waals surface area contributed by atoms with Crippen molar-refractivity contribution in [1.82, 2.24) is 14.8 Å². The van der Waals surface area contributed by atoms with Crippen LogP contribution in [0.25, 0.3) is 0 Å². The summed E-state index contributed by atoms with van der Waals surface area (Å²) in [5.41, 5.74) is 0.328. The molecule has 3 amide bonds. The van der Waals surface area contributed by atoms with Crippen LogP contribution in [0, 0.1) is 0 Å². The van der Waals surface area contributed by atoms with E-state index in [4.69, 9.17) is 11.6 Å². The number of benzene rings is 1. The lowest BCUT2D eigenvalue weighted by Gasteiger charge is -2.38. The van der Waals surface area contributed by atoms with Crippen LogP contribution in [0.3, 0.4) is 0 Å². The lowest BCUT2D eigenvalue weighted by atomic mass is 9.75. The van der Waals surface area contributed by atoms with Crippen LogP contribution in [-0.4, -0.2) is 45.1 Å². The third-order valence-electron chi connectivity index (χ3n) is 7.77. The molecule has 3 fully saturated rings. The van der Waals surface area contributed by atoms with Gasteiger partial charge >= 0.3 is 0 Å². The highest BCUT2D eigenvalue weighted by atomic mass is 35.5. The Morgan fingerprint density at radius 2 is 1.79 bits per heavy atom. The van der Waals surface area contributed by atoms with Crippen molar-refractivity contribution < 1.29 is 14.4 Å². The Morgan fingerprint density at radius 1 is 1.03 bits per heavy atom. The van der Waals surface area contributed by atoms with Crippen LogP contribution in [-0.2, 0) is 19.8 Å². The molecular formula is C27H30ClN3O3. The van der Waals surface area contributed by atoms with E-state index in [2.05, 4.69) is 4.98 Å². The highest BCUT2D eigenvalue weighted by Crippen LogP contribution is 2.46. The van der Waals surface area contributed by atoms with Gasteiger partial charge in [-0.2, -0.15) is 0 Å². The number of rotatable bonds is 5. The Hall–Kier alpha value is -2.73. The molecule has 0 N–H and O–H groups in total. The fourth-order valence-corrected chi connectivity index (χ4v) is 6.41. The van der Waals surface area contributed by atoms with Gasteiger partial charge in [-0.1, -0.05) is 48.7 Å². The summed E-state index contributed by atoms with van der Waals surface area (Å²) in [5, 5.41) is 0.423. The van der Waals surface area contributed by atoms with Crippen molar-refractivity contribution in [1.29, 1.82) is 0 Å². The second-order valence-corrected chi connectivity index (χ2v) is 10.2. The Bertz CT molecular complexity index is 1090. The molecular weight excluding hydrogens is 450 g/mol. The molecule has 3 heterocycles. The number of piperidine rings is 1. The van der Waals surface area contributed by atoms with E-state index in [9.17, 15) is 14.4 Å². The predicted octanol–water partition coefficient (Wildman–Crippen LogP) is 4.82. The average Bonchev–Trinajstić information content (AvgIpc) is 3.46. The Morgan fingerprint density at radius 3 is 2.53 bits per heavy atom. The molecule has 2 atom stereocenters. The van der Waals surface area contributed by atoms with E-state index in [0.29, 0.717) is 17.1 Å². The van der Waals surface area contributed by atoms with E-state index in [1.807, 2.05) is 29.3 Å². The van der Waals surface area contributed by atoms with Gasteiger partial charge < -0.3 is 4.90 Å². The smallest absolute Gasteiger partial charge is 0.241 e. The van der Waals surface area contributed by atoms with Crippen LogP contribution in [0.15, 0.2) is 48.8 Å². The molecule has 0 bridgehead atoms. The fourth-order valence-electron chi connectivity index (χ4n) is 6.10. The fraction of sp³-hybridized carbons (Fsp3) is 0.481. The maximum Gasteiger partial charge on any atom is 0.241 e. The summed E-state index contributed by atoms with van der Waals surface area (Å²) >= 11 is 6.59. The van der Waals surface area contributed by atoms with Crippen molar-refractivity contribution in [2.75, 3.05) is 6.54 Å². The first-order valence-electron chi connectivity index (χ1n) is 12.3. The molecule has 2 saturated heterocycles. The topological polar surface area (TPSA) is 70.6 Å². The van der Waals surface area contributed by atoms with Crippen LogP contribution in [0.5, 0.6) is 0 Å². The normalized spacial score (nSPS) is 25.9. The number of nitrogens with zero attached hydrogens (tertiary/aromatic N) is 3. The standard InChI is InChI=1S/C27H30ClN3O3/c28-22-12-4-3-11-21(22)27(17-25(33)31(26(27)34)20-9-1-2-10-20)16-24(32)30-15-6-5-13-23(30)19-8-7-14-29-18-19/h3-4,7-8,11-12,14,18,20,23H,1-2,5-6,9-10,13,15-17H2/t23-,27-/m1/s1. The molecule has 1 aromatic carbocycles. The molecule has 6 nitrogen and oxygen atoms in total. The second kappa shape index (κ2) is 9.49. The zero-order valence-electron chi connectivity index (χ0n) is 19.3. The molecule has 7 heteroatoms. The van der Waals surface area contributed by atoms with Gasteiger partial charge in [0.05, 0.1) is 11.5 Å². The molecule has 1 aromatic heterocycles. The third-order valence-corrected chi connectivity index (χ3v) is 8.10. The first kappa shape index (κ1) is 23.0. The summed E-state index contributed by atoms with van der Waals surface area (Å²) in [6.45, 7) is 0.630. The maximum absolute atomic E-state index is 14.0. The van der Waals surface area contributed by atoms with Crippen LogP contribution in [0.4, 0.5) is 0 Å². The Labute approximate surface area is 205 Å². The molecule has 2 aromatic rings. The van der Waals surface area contributed by atoms with Crippen LogP contribution in [0.1, 0.15) is 75.0 Å². The van der Waals surface area contributed by atoms with E-state index in [1.165, 1.54) is 4.90 Å². The molecule has 2 aliphatic heterocycles. The van der Waals surface area contributed by atoms with Gasteiger partial charge in [0.1, 0.15) is 0 Å². The summed E-state index contributed by atoms with van der Waals surface area (Å²) in [5.74, 6) is -0.559. The van der Waals surface area contributed by atoms with Crippen LogP contribution in [0.2, 0.25) is 5.02 Å². The zero-order chi connectivity index (χ0) is 23.7. The quantitative estimate of drug-likeness (QED) is 0.576. The number of likely N-dealkylation sites (tertiary alicyclic amines) is 2. The van der Waals surface area contributed by atoms with Gasteiger partial charge in [0, 0.05) is 42.8 Å². The van der Waals surface area contributed by atoms with E-state index in [-0.39, 0.29) is 42.6 Å². The summed E-state index contributed by atoms with van der Waals surface area (Å²) in [7, 11) is 0. The van der Waals surface area contributed by atoms with Gasteiger partial charge in [-0.3, -0.25) is 24.3 Å². The molecule has 3 aliphatic rings. The number of pyridine rings is 1. The van der Waals surface area contributed by atoms with Crippen LogP contribution >= 0.6 is 11.6 Å². The maximum atomic E-state index is 14.0. The van der Waals surface area contributed by atoms with Crippen molar-refractivity contribution in [3.05, 3.63) is 64.9 Å². The lowest BCUT2D eigenvalue weighted by molar-refractivity contribution is -0.145. The highest BCUT2D eigenvalue weighted by Gasteiger charge is 2.56. The van der Waals surface area contributed by atoms with E-state index < -0.39 is 5.41 Å². The number of imide groups is 1. The average molecular weight is 480 g/mol. The van der Waals surface area contributed by atoms with Crippen molar-refractivity contribution in [2.45, 2.75) is 75.3 Å². The van der Waals surface area contributed by atoms with Crippen molar-refractivity contribution in [3.63, 3.8) is 0 Å². The second-order valence-electron chi connectivity index (χ2n) is 9.81. The Kier molecular flexibility index (Phi) is 6.43. The third kappa shape index (κ3) is 4.02. The number of amides is 3. The van der Waals surface area contributed by atoms with E-state index >= 15 is 0 Å². The molecule has 0 unspecified atom stereocenters. The first-order valence-corrected chi connectivity index (χ1v) is 12.7. The molecule has 178 valence electrons. The Balaban J connectivity index is 1.50. The first-order chi connectivity index (χ1) is 16.5. The molecule has 34 heavy (non-hydrogen) atoms. The van der Waals surface area contributed by atoms with Gasteiger partial charge in [0.15, 0.2) is 0 Å². The van der Waals surface area contributed by atoms with E-state index in [0.717, 1.165) is 50.5 Å². The van der Waals surface area contributed by atoms with Gasteiger partial charge in [0.25, 0.3) is 0 Å². The summed E-state index contributed by atoms with van der Waals surface area (Å²) in [6.07, 6.45) is 9.98. The number of aromatic nitrogens is 1. The molecule has 5 rings (SSSR count). The zero-order valence-corrected chi connectivity index (χ0v) is 20.0. The number of hydrogen-bond acceptors (Lipinski definition) is 4. The van der Waals surface area contributed by atoms with Gasteiger partial charge in [0.2, 0.25) is 17.7 Å². The number of carbonyl (C=O) groups excluding carboxylic acids is 3. The largest absolute Gasteiger partial charge is 0.336 e. The minimum atomic E-state index is -1.26. The highest BCUT2D eigenvalue weighted by molar-refractivity contribution is 6.32. The van der Waals surface area contributed by atoms with E-state index in [1.54, 1.807) is 24.4 Å². The van der Waals surface area contributed by atoms with Gasteiger partial charge in [-0.15, -0.1) is 0 Å². The minimum Gasteiger partial charge on any atom is -0.336 e. The minimum absolute atomic E-state index is 0.0107. The molecule has 0 radical (unpaired) electrons. The monoisotopic (exact) mass is 479 g/mol. The van der Waals surface area contributed by atoms with Crippen molar-refractivity contribution >= 4 is 29.3 Å². The summed E-state index contributed by atoms with van der Waals surface area (Å²) in [6, 6.07) is 10.9. The number of halogens is 1. The molecule has 0 spiro atoms. The van der Waals surface area contributed by atoms with Gasteiger partial charge in [-0.25, -0.2) is 0 Å². The summed E-state index contributed by atoms with van der Waals surface area (Å²) < 4.78 is 0. The SMILES string of the molecule is O=C1C[C@](CC(=O)N2CCCC[C@@H]2c2cccnc2)(c2ccccc2Cl)C(=O)N1C1CCCC1. The summed E-state index contributed by atoms with van der Waals surface area (Å²) in [4.78, 5) is 48.7.